The summed E-state index contributed by atoms with van der Waals surface area (Å²) in [4.78, 5) is 21.0. The number of carbonyl (C=O) groups is 1. The summed E-state index contributed by atoms with van der Waals surface area (Å²) in [6.45, 7) is 1.20. The first-order valence-corrected chi connectivity index (χ1v) is 5.92. The van der Waals surface area contributed by atoms with E-state index in [4.69, 9.17) is 15.2 Å². The van der Waals surface area contributed by atoms with Crippen LogP contribution in [0.4, 0.5) is 5.69 Å². The Morgan fingerprint density at radius 3 is 2.85 bits per heavy atom. The highest BCUT2D eigenvalue weighted by Crippen LogP contribution is 2.24. The van der Waals surface area contributed by atoms with Crippen LogP contribution in [0.3, 0.4) is 0 Å². The minimum absolute atomic E-state index is 0.0417. The van der Waals surface area contributed by atoms with E-state index in [2.05, 4.69) is 5.32 Å². The summed E-state index contributed by atoms with van der Waals surface area (Å²) in [5.74, 6) is -0.221. The van der Waals surface area contributed by atoms with Crippen LogP contribution in [-0.2, 0) is 16.1 Å². The van der Waals surface area contributed by atoms with Gasteiger partial charge >= 0.3 is 0 Å². The van der Waals surface area contributed by atoms with Gasteiger partial charge in [0.05, 0.1) is 11.5 Å². The van der Waals surface area contributed by atoms with Crippen molar-refractivity contribution in [3.05, 3.63) is 33.9 Å². The van der Waals surface area contributed by atoms with Crippen molar-refractivity contribution in [2.75, 3.05) is 26.9 Å². The minimum Gasteiger partial charge on any atom is -0.483 e. The Morgan fingerprint density at radius 1 is 1.50 bits per heavy atom. The van der Waals surface area contributed by atoms with E-state index < -0.39 is 10.8 Å². The molecule has 8 nitrogen and oxygen atoms in total. The molecule has 110 valence electrons. The summed E-state index contributed by atoms with van der Waals surface area (Å²) in [5, 5.41) is 13.8. The molecule has 0 spiro atoms. The second kappa shape index (κ2) is 8.08. The maximum atomic E-state index is 10.8. The summed E-state index contributed by atoms with van der Waals surface area (Å²) in [7, 11) is 1.58. The number of primary amides is 1. The number of hydrogen-bond acceptors (Lipinski definition) is 6. The van der Waals surface area contributed by atoms with E-state index in [-0.39, 0.29) is 12.3 Å². The highest BCUT2D eigenvalue weighted by Gasteiger charge is 2.12. The van der Waals surface area contributed by atoms with Gasteiger partial charge < -0.3 is 20.5 Å². The van der Waals surface area contributed by atoms with Crippen LogP contribution in [0.25, 0.3) is 0 Å². The average molecular weight is 283 g/mol. The Balaban J connectivity index is 2.79. The van der Waals surface area contributed by atoms with E-state index in [9.17, 15) is 14.9 Å². The number of rotatable bonds is 9. The van der Waals surface area contributed by atoms with Crippen LogP contribution >= 0.6 is 0 Å². The van der Waals surface area contributed by atoms with Crippen LogP contribution < -0.4 is 15.8 Å². The fraction of sp³-hybridized carbons (Fsp3) is 0.417. The standard InChI is InChI=1S/C12H17N3O5/c1-19-5-4-14-7-9-6-10(15(17)18)2-3-11(9)20-8-12(13)16/h2-3,6,14H,4-5,7-8H2,1H3,(H2,13,16). The molecule has 1 amide bonds. The highest BCUT2D eigenvalue weighted by molar-refractivity contribution is 5.75. The first-order valence-electron chi connectivity index (χ1n) is 5.92. The third kappa shape index (κ3) is 5.21. The monoisotopic (exact) mass is 283 g/mol. The number of benzene rings is 1. The lowest BCUT2D eigenvalue weighted by atomic mass is 10.1. The van der Waals surface area contributed by atoms with Gasteiger partial charge in [0.25, 0.3) is 11.6 Å². The van der Waals surface area contributed by atoms with Gasteiger partial charge in [-0.05, 0) is 6.07 Å². The zero-order valence-corrected chi connectivity index (χ0v) is 11.1. The van der Waals surface area contributed by atoms with Gasteiger partial charge in [0.15, 0.2) is 6.61 Å². The van der Waals surface area contributed by atoms with Crippen LogP contribution in [0.1, 0.15) is 5.56 Å². The number of nitrogens with two attached hydrogens (primary N) is 1. The van der Waals surface area contributed by atoms with Crippen LogP contribution in [0.5, 0.6) is 5.75 Å². The largest absolute Gasteiger partial charge is 0.483 e. The first-order chi connectivity index (χ1) is 9.54. The molecule has 1 aromatic rings. The Hall–Kier alpha value is -2.19. The van der Waals surface area contributed by atoms with E-state index in [1.54, 1.807) is 7.11 Å². The third-order valence-corrected chi connectivity index (χ3v) is 2.42. The number of nitrogens with one attached hydrogen (secondary N) is 1. The lowest BCUT2D eigenvalue weighted by molar-refractivity contribution is -0.384. The quantitative estimate of drug-likeness (QED) is 0.380. The Labute approximate surface area is 116 Å². The molecule has 0 aliphatic heterocycles. The molecule has 0 fully saturated rings. The van der Waals surface area contributed by atoms with Gasteiger partial charge in [-0.2, -0.15) is 0 Å². The van der Waals surface area contributed by atoms with Gasteiger partial charge in [-0.25, -0.2) is 0 Å². The van der Waals surface area contributed by atoms with Crippen molar-refractivity contribution in [3.8, 4) is 5.75 Å². The second-order valence-electron chi connectivity index (χ2n) is 3.97. The molecule has 0 saturated carbocycles. The number of hydrogen-bond donors (Lipinski definition) is 2. The lowest BCUT2D eigenvalue weighted by Crippen LogP contribution is -2.22. The molecule has 0 unspecified atom stereocenters. The predicted molar refractivity (Wildman–Crippen MR) is 71.4 cm³/mol. The maximum Gasteiger partial charge on any atom is 0.270 e. The molecule has 0 aliphatic carbocycles. The molecule has 0 bridgehead atoms. The number of non-ortho nitro benzene ring substituents is 1. The molecule has 0 atom stereocenters. The molecule has 0 aliphatic rings. The number of ether oxygens (including phenoxy) is 2. The molecule has 8 heteroatoms. The summed E-state index contributed by atoms with van der Waals surface area (Å²) in [6, 6.07) is 4.17. The van der Waals surface area contributed by atoms with Crippen molar-refractivity contribution in [3.63, 3.8) is 0 Å². The summed E-state index contributed by atoms with van der Waals surface area (Å²) in [6.07, 6.45) is 0. The minimum atomic E-state index is -0.610. The summed E-state index contributed by atoms with van der Waals surface area (Å²) < 4.78 is 10.1. The fourth-order valence-corrected chi connectivity index (χ4v) is 1.50. The average Bonchev–Trinajstić information content (AvgIpc) is 2.41. The zero-order chi connectivity index (χ0) is 15.0. The molecular weight excluding hydrogens is 266 g/mol. The number of amides is 1. The van der Waals surface area contributed by atoms with E-state index in [1.165, 1.54) is 18.2 Å². The van der Waals surface area contributed by atoms with Gasteiger partial charge in [-0.15, -0.1) is 0 Å². The van der Waals surface area contributed by atoms with Crippen molar-refractivity contribution in [2.24, 2.45) is 5.73 Å². The number of nitro groups is 1. The maximum absolute atomic E-state index is 10.8. The van der Waals surface area contributed by atoms with Gasteiger partial charge in [-0.1, -0.05) is 0 Å². The lowest BCUT2D eigenvalue weighted by Gasteiger charge is -2.11. The van der Waals surface area contributed by atoms with Crippen molar-refractivity contribution < 1.29 is 19.2 Å². The zero-order valence-electron chi connectivity index (χ0n) is 11.1. The summed E-state index contributed by atoms with van der Waals surface area (Å²) >= 11 is 0. The molecule has 0 radical (unpaired) electrons. The topological polar surface area (TPSA) is 117 Å². The molecule has 3 N–H and O–H groups in total. The van der Waals surface area contributed by atoms with Crippen molar-refractivity contribution in [2.45, 2.75) is 6.54 Å². The molecule has 0 heterocycles. The third-order valence-electron chi connectivity index (χ3n) is 2.42. The van der Waals surface area contributed by atoms with Crippen LogP contribution in [0.2, 0.25) is 0 Å². The SMILES string of the molecule is COCCNCc1cc([N+](=O)[O-])ccc1OCC(N)=O. The van der Waals surface area contributed by atoms with Gasteiger partial charge in [-0.3, -0.25) is 14.9 Å². The molecule has 0 saturated heterocycles. The first kappa shape index (κ1) is 15.9. The normalized spacial score (nSPS) is 10.2. The predicted octanol–water partition coefficient (Wildman–Crippen LogP) is 0.195. The van der Waals surface area contributed by atoms with Gasteiger partial charge in [0, 0.05) is 37.9 Å². The fourth-order valence-electron chi connectivity index (χ4n) is 1.50. The molecule has 1 aromatic carbocycles. The van der Waals surface area contributed by atoms with E-state index >= 15 is 0 Å². The van der Waals surface area contributed by atoms with Crippen LogP contribution in [0.15, 0.2) is 18.2 Å². The van der Waals surface area contributed by atoms with Gasteiger partial charge in [0.1, 0.15) is 5.75 Å². The van der Waals surface area contributed by atoms with E-state index in [0.29, 0.717) is 31.0 Å². The van der Waals surface area contributed by atoms with Crippen molar-refractivity contribution in [1.29, 1.82) is 0 Å². The summed E-state index contributed by atoms with van der Waals surface area (Å²) in [5.41, 5.74) is 5.54. The van der Waals surface area contributed by atoms with Crippen molar-refractivity contribution in [1.82, 2.24) is 5.32 Å². The van der Waals surface area contributed by atoms with Crippen LogP contribution in [-0.4, -0.2) is 37.7 Å². The number of nitro benzene ring substituents is 1. The number of carbonyl (C=O) groups excluding carboxylic acids is 1. The second-order valence-corrected chi connectivity index (χ2v) is 3.97. The molecule has 1 rings (SSSR count). The Bertz CT molecular complexity index is 478. The Morgan fingerprint density at radius 2 is 2.25 bits per heavy atom. The molecule has 20 heavy (non-hydrogen) atoms. The number of nitrogens with zero attached hydrogens (tertiary/aromatic N) is 1. The Kier molecular flexibility index (Phi) is 6.41. The molecule has 0 aromatic heterocycles. The van der Waals surface area contributed by atoms with Crippen LogP contribution in [0, 0.1) is 10.1 Å². The highest BCUT2D eigenvalue weighted by atomic mass is 16.6. The molecular formula is C12H17N3O5. The van der Waals surface area contributed by atoms with Crippen molar-refractivity contribution >= 4 is 11.6 Å². The smallest absolute Gasteiger partial charge is 0.270 e. The van der Waals surface area contributed by atoms with E-state index in [0.717, 1.165) is 0 Å². The van der Waals surface area contributed by atoms with Gasteiger partial charge in [0.2, 0.25) is 0 Å². The van der Waals surface area contributed by atoms with E-state index in [1.807, 2.05) is 0 Å². The number of methoxy groups -OCH3 is 1.